The Bertz CT molecular complexity index is 996. The average Bonchev–Trinajstić information content (AvgIpc) is 2.95. The number of nitrogens with zero attached hydrogens (tertiary/aromatic N) is 1. The Hall–Kier alpha value is -2.95. The molecule has 1 aliphatic heterocycles. The van der Waals surface area contributed by atoms with Crippen LogP contribution in [0, 0.1) is 31.6 Å². The first-order valence-corrected chi connectivity index (χ1v) is 10.1. The Morgan fingerprint density at radius 3 is 2.52 bits per heavy atom. The molecule has 0 N–H and O–H groups in total. The van der Waals surface area contributed by atoms with Crippen molar-refractivity contribution in [2.75, 3.05) is 4.90 Å². The molecular formula is C24H25NO4. The zero-order valence-electron chi connectivity index (χ0n) is 17.0. The van der Waals surface area contributed by atoms with Crippen LogP contribution in [0.15, 0.2) is 42.5 Å². The van der Waals surface area contributed by atoms with Gasteiger partial charge in [0.25, 0.3) is 0 Å². The van der Waals surface area contributed by atoms with Crippen LogP contribution in [0.3, 0.4) is 0 Å². The first-order chi connectivity index (χ1) is 13.9. The van der Waals surface area contributed by atoms with E-state index in [0.717, 1.165) is 30.4 Å². The van der Waals surface area contributed by atoms with E-state index in [2.05, 4.69) is 6.92 Å². The standard InChI is InChI=1S/C24H25NO4/c1-14-10-11-19-20(12-14)23(27)25(22(19)26)18-8-5-7-17(13-18)24(28)29-21-9-4-6-15(2)16(21)3/h4-9,13-14,19-20H,10-12H2,1-3H3/t14-,19+,20-/m1/s1. The maximum absolute atomic E-state index is 12.9. The second-order valence-corrected chi connectivity index (χ2v) is 8.28. The molecule has 0 unspecified atom stereocenters. The highest BCUT2D eigenvalue weighted by atomic mass is 16.5. The Morgan fingerprint density at radius 1 is 1.00 bits per heavy atom. The van der Waals surface area contributed by atoms with Crippen LogP contribution in [0.5, 0.6) is 5.75 Å². The molecule has 0 radical (unpaired) electrons. The van der Waals surface area contributed by atoms with Gasteiger partial charge < -0.3 is 4.74 Å². The molecule has 2 fully saturated rings. The summed E-state index contributed by atoms with van der Waals surface area (Å²) in [6.45, 7) is 5.98. The highest BCUT2D eigenvalue weighted by Crippen LogP contribution is 2.42. The van der Waals surface area contributed by atoms with E-state index >= 15 is 0 Å². The number of anilines is 1. The molecule has 1 aliphatic carbocycles. The predicted octanol–water partition coefficient (Wildman–Crippen LogP) is 4.45. The van der Waals surface area contributed by atoms with E-state index in [1.807, 2.05) is 26.0 Å². The Kier molecular flexibility index (Phi) is 4.99. The summed E-state index contributed by atoms with van der Waals surface area (Å²) in [6.07, 6.45) is 2.47. The molecule has 150 valence electrons. The summed E-state index contributed by atoms with van der Waals surface area (Å²) >= 11 is 0. The monoisotopic (exact) mass is 391 g/mol. The van der Waals surface area contributed by atoms with E-state index in [9.17, 15) is 14.4 Å². The zero-order chi connectivity index (χ0) is 20.7. The lowest BCUT2D eigenvalue weighted by Gasteiger charge is -2.25. The van der Waals surface area contributed by atoms with Gasteiger partial charge in [-0.05, 0) is 74.4 Å². The fourth-order valence-corrected chi connectivity index (χ4v) is 4.41. The molecule has 2 aromatic carbocycles. The van der Waals surface area contributed by atoms with Crippen molar-refractivity contribution in [3.8, 4) is 5.75 Å². The van der Waals surface area contributed by atoms with Crippen LogP contribution in [0.4, 0.5) is 5.69 Å². The molecule has 0 aromatic heterocycles. The number of fused-ring (bicyclic) bond motifs is 1. The van der Waals surface area contributed by atoms with Gasteiger partial charge >= 0.3 is 5.97 Å². The third kappa shape index (κ3) is 3.46. The number of amides is 2. The highest BCUT2D eigenvalue weighted by Gasteiger charge is 2.50. The maximum atomic E-state index is 12.9. The minimum absolute atomic E-state index is 0.146. The van der Waals surface area contributed by atoms with Crippen molar-refractivity contribution < 1.29 is 19.1 Å². The van der Waals surface area contributed by atoms with Gasteiger partial charge in [0.05, 0.1) is 23.1 Å². The molecule has 1 saturated carbocycles. The van der Waals surface area contributed by atoms with Gasteiger partial charge in [0, 0.05) is 0 Å². The van der Waals surface area contributed by atoms with Crippen LogP contribution in [0.1, 0.15) is 47.7 Å². The Balaban J connectivity index is 1.59. The summed E-state index contributed by atoms with van der Waals surface area (Å²) in [6, 6.07) is 12.1. The number of hydrogen-bond acceptors (Lipinski definition) is 4. The average molecular weight is 391 g/mol. The van der Waals surface area contributed by atoms with Crippen molar-refractivity contribution in [3.05, 3.63) is 59.2 Å². The van der Waals surface area contributed by atoms with Gasteiger partial charge in [0.2, 0.25) is 11.8 Å². The largest absolute Gasteiger partial charge is 0.423 e. The van der Waals surface area contributed by atoms with Crippen LogP contribution in [-0.2, 0) is 9.59 Å². The fourth-order valence-electron chi connectivity index (χ4n) is 4.41. The molecule has 5 heteroatoms. The quantitative estimate of drug-likeness (QED) is 0.441. The number of rotatable bonds is 3. The molecule has 0 spiro atoms. The van der Waals surface area contributed by atoms with Gasteiger partial charge in [-0.3, -0.25) is 14.5 Å². The SMILES string of the molecule is Cc1cccc(OC(=O)c2cccc(N3C(=O)[C@H]4CC[C@@H](C)C[C@H]4C3=O)c2)c1C. The van der Waals surface area contributed by atoms with Crippen LogP contribution < -0.4 is 9.64 Å². The van der Waals surface area contributed by atoms with E-state index in [4.69, 9.17) is 4.74 Å². The lowest BCUT2D eigenvalue weighted by molar-refractivity contribution is -0.122. The second kappa shape index (κ2) is 7.47. The fraction of sp³-hybridized carbons (Fsp3) is 0.375. The van der Waals surface area contributed by atoms with Gasteiger partial charge in [0.15, 0.2) is 0 Å². The summed E-state index contributed by atoms with van der Waals surface area (Å²) in [4.78, 5) is 39.8. The second-order valence-electron chi connectivity index (χ2n) is 8.28. The van der Waals surface area contributed by atoms with Crippen LogP contribution >= 0.6 is 0 Å². The first kappa shape index (κ1) is 19.4. The van der Waals surface area contributed by atoms with Gasteiger partial charge in [-0.2, -0.15) is 0 Å². The number of benzene rings is 2. The van der Waals surface area contributed by atoms with Crippen molar-refractivity contribution in [1.29, 1.82) is 0 Å². The number of carbonyl (C=O) groups is 3. The number of hydrogen-bond donors (Lipinski definition) is 0. The lowest BCUT2D eigenvalue weighted by Crippen LogP contribution is -2.31. The number of ether oxygens (including phenoxy) is 1. The summed E-state index contributed by atoms with van der Waals surface area (Å²) < 4.78 is 5.56. The van der Waals surface area contributed by atoms with E-state index in [1.54, 1.807) is 30.3 Å². The molecule has 29 heavy (non-hydrogen) atoms. The molecule has 2 aliphatic rings. The molecule has 5 nitrogen and oxygen atoms in total. The molecule has 2 aromatic rings. The van der Waals surface area contributed by atoms with Crippen molar-refractivity contribution in [1.82, 2.24) is 0 Å². The molecule has 2 amide bonds. The normalized spacial score (nSPS) is 23.8. The highest BCUT2D eigenvalue weighted by molar-refractivity contribution is 6.22. The molecule has 0 bridgehead atoms. The van der Waals surface area contributed by atoms with E-state index < -0.39 is 5.97 Å². The van der Waals surface area contributed by atoms with Crippen molar-refractivity contribution in [3.63, 3.8) is 0 Å². The third-order valence-electron chi connectivity index (χ3n) is 6.29. The van der Waals surface area contributed by atoms with Crippen LogP contribution in [0.2, 0.25) is 0 Å². The smallest absolute Gasteiger partial charge is 0.343 e. The first-order valence-electron chi connectivity index (χ1n) is 10.1. The van der Waals surface area contributed by atoms with Gasteiger partial charge in [0.1, 0.15) is 5.75 Å². The zero-order valence-corrected chi connectivity index (χ0v) is 17.0. The summed E-state index contributed by atoms with van der Waals surface area (Å²) in [7, 11) is 0. The topological polar surface area (TPSA) is 63.7 Å². The van der Waals surface area contributed by atoms with Crippen molar-refractivity contribution in [2.45, 2.75) is 40.0 Å². The Labute approximate surface area is 170 Å². The maximum Gasteiger partial charge on any atom is 0.343 e. The molecule has 4 rings (SSSR count). The van der Waals surface area contributed by atoms with Gasteiger partial charge in [-0.1, -0.05) is 25.1 Å². The number of esters is 1. The minimum atomic E-state index is -0.509. The third-order valence-corrected chi connectivity index (χ3v) is 6.29. The predicted molar refractivity (Wildman–Crippen MR) is 110 cm³/mol. The van der Waals surface area contributed by atoms with E-state index in [0.29, 0.717) is 22.9 Å². The van der Waals surface area contributed by atoms with Crippen molar-refractivity contribution >= 4 is 23.5 Å². The summed E-state index contributed by atoms with van der Waals surface area (Å²) in [5.41, 5.74) is 2.69. The molecule has 3 atom stereocenters. The van der Waals surface area contributed by atoms with Crippen molar-refractivity contribution in [2.24, 2.45) is 17.8 Å². The molecular weight excluding hydrogens is 366 g/mol. The number of aryl methyl sites for hydroxylation is 1. The van der Waals surface area contributed by atoms with Gasteiger partial charge in [-0.15, -0.1) is 0 Å². The lowest BCUT2D eigenvalue weighted by atomic mass is 9.76. The minimum Gasteiger partial charge on any atom is -0.423 e. The number of carbonyl (C=O) groups excluding carboxylic acids is 3. The molecule has 1 saturated heterocycles. The van der Waals surface area contributed by atoms with Crippen LogP contribution in [-0.4, -0.2) is 17.8 Å². The van der Waals surface area contributed by atoms with E-state index in [-0.39, 0.29) is 23.7 Å². The van der Waals surface area contributed by atoms with Crippen LogP contribution in [0.25, 0.3) is 0 Å². The van der Waals surface area contributed by atoms with Gasteiger partial charge in [-0.25, -0.2) is 4.79 Å². The molecule has 1 heterocycles. The van der Waals surface area contributed by atoms with E-state index in [1.165, 1.54) is 4.90 Å². The summed E-state index contributed by atoms with van der Waals surface area (Å²) in [5, 5.41) is 0. The Morgan fingerprint density at radius 2 is 1.72 bits per heavy atom. The number of imide groups is 1. The summed E-state index contributed by atoms with van der Waals surface area (Å²) in [5.74, 6) is -0.314.